The molecular formula is C13H19N3O4S. The van der Waals surface area contributed by atoms with Crippen molar-refractivity contribution in [3.05, 3.63) is 16.1 Å². The number of carbonyl (C=O) groups is 2. The number of hydrogen-bond donors (Lipinski definition) is 3. The van der Waals surface area contributed by atoms with Gasteiger partial charge in [0.15, 0.2) is 12.2 Å². The van der Waals surface area contributed by atoms with Crippen LogP contribution in [0.2, 0.25) is 0 Å². The normalized spacial score (nSPS) is 17.6. The van der Waals surface area contributed by atoms with Gasteiger partial charge in [-0.05, 0) is 19.8 Å². The Morgan fingerprint density at radius 1 is 1.38 bits per heavy atom. The summed E-state index contributed by atoms with van der Waals surface area (Å²) in [4.78, 5) is 29.3. The minimum atomic E-state index is -1.76. The molecule has 1 saturated heterocycles. The third kappa shape index (κ3) is 3.99. The maximum absolute atomic E-state index is 11.9. The number of aromatic nitrogens is 1. The second kappa shape index (κ2) is 6.97. The summed E-state index contributed by atoms with van der Waals surface area (Å²) in [6.45, 7) is 3.12. The van der Waals surface area contributed by atoms with Crippen LogP contribution in [-0.4, -0.2) is 57.2 Å². The predicted molar refractivity (Wildman–Crippen MR) is 76.5 cm³/mol. The fourth-order valence-corrected chi connectivity index (χ4v) is 2.87. The van der Waals surface area contributed by atoms with Gasteiger partial charge in [0.25, 0.3) is 11.8 Å². The lowest BCUT2D eigenvalue weighted by molar-refractivity contribution is -0.152. The van der Waals surface area contributed by atoms with Crippen LogP contribution in [-0.2, 0) is 16.1 Å². The van der Waals surface area contributed by atoms with Crippen molar-refractivity contribution in [2.75, 3.05) is 13.1 Å². The molecule has 0 bridgehead atoms. The number of carbonyl (C=O) groups excluding carboxylic acids is 2. The number of amides is 2. The summed E-state index contributed by atoms with van der Waals surface area (Å²) >= 11 is 1.39. The average Bonchev–Trinajstić information content (AvgIpc) is 3.13. The van der Waals surface area contributed by atoms with Crippen molar-refractivity contribution < 1.29 is 19.8 Å². The lowest BCUT2D eigenvalue weighted by Gasteiger charge is -2.22. The van der Waals surface area contributed by atoms with Crippen LogP contribution in [0.5, 0.6) is 0 Å². The summed E-state index contributed by atoms with van der Waals surface area (Å²) in [5.41, 5.74) is 0.856. The summed E-state index contributed by atoms with van der Waals surface area (Å²) in [6.07, 6.45) is -1.73. The van der Waals surface area contributed by atoms with Crippen molar-refractivity contribution in [3.8, 4) is 0 Å². The third-order valence-electron chi connectivity index (χ3n) is 3.32. The van der Waals surface area contributed by atoms with Crippen LogP contribution < -0.4 is 5.32 Å². The molecule has 0 aliphatic carbocycles. The summed E-state index contributed by atoms with van der Waals surface area (Å²) in [5.74, 6) is -1.37. The van der Waals surface area contributed by atoms with E-state index in [1.165, 1.54) is 16.2 Å². The molecule has 0 spiro atoms. The molecule has 0 aromatic carbocycles. The van der Waals surface area contributed by atoms with Gasteiger partial charge < -0.3 is 20.4 Å². The van der Waals surface area contributed by atoms with Gasteiger partial charge in [0.2, 0.25) is 0 Å². The second-order valence-corrected chi connectivity index (χ2v) is 5.97. The van der Waals surface area contributed by atoms with Crippen LogP contribution in [0.3, 0.4) is 0 Å². The molecule has 0 radical (unpaired) electrons. The number of aliphatic hydroxyl groups excluding tert-OH is 2. The number of aryl methyl sites for hydroxylation is 1. The molecule has 3 N–H and O–H groups in total. The van der Waals surface area contributed by atoms with E-state index >= 15 is 0 Å². The Hall–Kier alpha value is -1.51. The molecule has 2 rings (SSSR count). The Labute approximate surface area is 126 Å². The minimum absolute atomic E-state index is 0.166. The Bertz CT molecular complexity index is 513. The van der Waals surface area contributed by atoms with E-state index in [1.807, 2.05) is 12.3 Å². The monoisotopic (exact) mass is 313 g/mol. The minimum Gasteiger partial charge on any atom is -0.380 e. The standard InChI is InChI=1S/C13H19N3O4S/c1-8-7-21-9(15-8)6-14-12(19)10(17)11(18)13(20)16-4-2-3-5-16/h7,10-11,17-18H,2-6H2,1H3,(H,14,19). The average molecular weight is 313 g/mol. The number of aliphatic hydroxyl groups is 2. The topological polar surface area (TPSA) is 103 Å². The Morgan fingerprint density at radius 2 is 2.05 bits per heavy atom. The largest absolute Gasteiger partial charge is 0.380 e. The zero-order chi connectivity index (χ0) is 15.4. The smallest absolute Gasteiger partial charge is 0.254 e. The van der Waals surface area contributed by atoms with Crippen molar-refractivity contribution in [3.63, 3.8) is 0 Å². The van der Waals surface area contributed by atoms with Gasteiger partial charge >= 0.3 is 0 Å². The molecule has 0 saturated carbocycles. The van der Waals surface area contributed by atoms with E-state index < -0.39 is 24.0 Å². The number of nitrogens with zero attached hydrogens (tertiary/aromatic N) is 2. The number of thiazole rings is 1. The molecule has 7 nitrogen and oxygen atoms in total. The van der Waals surface area contributed by atoms with Crippen LogP contribution in [0.4, 0.5) is 0 Å². The van der Waals surface area contributed by atoms with Gasteiger partial charge in [-0.1, -0.05) is 0 Å². The first-order valence-corrected chi connectivity index (χ1v) is 7.70. The van der Waals surface area contributed by atoms with Crippen molar-refractivity contribution in [1.29, 1.82) is 0 Å². The van der Waals surface area contributed by atoms with Crippen molar-refractivity contribution >= 4 is 23.2 Å². The molecule has 1 fully saturated rings. The van der Waals surface area contributed by atoms with Gasteiger partial charge in [-0.3, -0.25) is 9.59 Å². The van der Waals surface area contributed by atoms with E-state index in [-0.39, 0.29) is 6.54 Å². The molecule has 1 aliphatic heterocycles. The molecule has 1 aliphatic rings. The number of nitrogens with one attached hydrogen (secondary N) is 1. The molecule has 1 aromatic rings. The van der Waals surface area contributed by atoms with E-state index in [1.54, 1.807) is 0 Å². The highest BCUT2D eigenvalue weighted by molar-refractivity contribution is 7.09. The molecule has 1 aromatic heterocycles. The first kappa shape index (κ1) is 15.9. The van der Waals surface area contributed by atoms with Crippen molar-refractivity contribution in [2.45, 2.75) is 38.5 Å². The van der Waals surface area contributed by atoms with Gasteiger partial charge in [0.05, 0.1) is 6.54 Å². The van der Waals surface area contributed by atoms with Crippen LogP contribution >= 0.6 is 11.3 Å². The lowest BCUT2D eigenvalue weighted by Crippen LogP contribution is -2.50. The first-order chi connectivity index (χ1) is 9.99. The fourth-order valence-electron chi connectivity index (χ4n) is 2.15. The van der Waals surface area contributed by atoms with Crippen LogP contribution in [0.25, 0.3) is 0 Å². The van der Waals surface area contributed by atoms with Crippen LogP contribution in [0, 0.1) is 6.92 Å². The van der Waals surface area contributed by atoms with E-state index in [0.29, 0.717) is 18.1 Å². The van der Waals surface area contributed by atoms with Crippen LogP contribution in [0.1, 0.15) is 23.5 Å². The zero-order valence-electron chi connectivity index (χ0n) is 11.8. The zero-order valence-corrected chi connectivity index (χ0v) is 12.6. The van der Waals surface area contributed by atoms with E-state index in [2.05, 4.69) is 10.3 Å². The fraction of sp³-hybridized carbons (Fsp3) is 0.615. The van der Waals surface area contributed by atoms with Gasteiger partial charge in [0.1, 0.15) is 5.01 Å². The number of rotatable bonds is 5. The second-order valence-electron chi connectivity index (χ2n) is 5.02. The third-order valence-corrected chi connectivity index (χ3v) is 4.29. The quantitative estimate of drug-likeness (QED) is 0.674. The van der Waals surface area contributed by atoms with E-state index in [4.69, 9.17) is 0 Å². The molecule has 2 heterocycles. The molecule has 2 unspecified atom stereocenters. The van der Waals surface area contributed by atoms with Crippen molar-refractivity contribution in [2.24, 2.45) is 0 Å². The maximum atomic E-state index is 11.9. The lowest BCUT2D eigenvalue weighted by atomic mass is 10.1. The summed E-state index contributed by atoms with van der Waals surface area (Å²) in [5, 5.41) is 24.6. The maximum Gasteiger partial charge on any atom is 0.254 e. The Balaban J connectivity index is 1.84. The van der Waals surface area contributed by atoms with Crippen LogP contribution in [0.15, 0.2) is 5.38 Å². The molecule has 2 atom stereocenters. The van der Waals surface area contributed by atoms with Gasteiger partial charge in [0, 0.05) is 24.2 Å². The summed E-state index contributed by atoms with van der Waals surface area (Å²) in [7, 11) is 0. The molecule has 21 heavy (non-hydrogen) atoms. The van der Waals surface area contributed by atoms with Gasteiger partial charge in [-0.25, -0.2) is 4.98 Å². The number of hydrogen-bond acceptors (Lipinski definition) is 6. The Kier molecular flexibility index (Phi) is 5.27. The molecular weight excluding hydrogens is 294 g/mol. The number of likely N-dealkylation sites (tertiary alicyclic amines) is 1. The first-order valence-electron chi connectivity index (χ1n) is 6.82. The van der Waals surface area contributed by atoms with Gasteiger partial charge in [-0.15, -0.1) is 11.3 Å². The summed E-state index contributed by atoms with van der Waals surface area (Å²) in [6, 6.07) is 0. The highest BCUT2D eigenvalue weighted by atomic mass is 32.1. The molecule has 8 heteroatoms. The van der Waals surface area contributed by atoms with Gasteiger partial charge in [-0.2, -0.15) is 0 Å². The summed E-state index contributed by atoms with van der Waals surface area (Å²) < 4.78 is 0. The van der Waals surface area contributed by atoms with E-state index in [9.17, 15) is 19.8 Å². The predicted octanol–water partition coefficient (Wildman–Crippen LogP) is -0.588. The van der Waals surface area contributed by atoms with E-state index in [0.717, 1.165) is 18.5 Å². The SMILES string of the molecule is Cc1csc(CNC(=O)C(O)C(O)C(=O)N2CCCC2)n1. The highest BCUT2D eigenvalue weighted by Crippen LogP contribution is 2.11. The Morgan fingerprint density at radius 3 is 2.62 bits per heavy atom. The molecule has 116 valence electrons. The highest BCUT2D eigenvalue weighted by Gasteiger charge is 2.34. The molecule has 2 amide bonds. The van der Waals surface area contributed by atoms with Crippen molar-refractivity contribution in [1.82, 2.24) is 15.2 Å².